The van der Waals surface area contributed by atoms with E-state index in [0.717, 1.165) is 43.1 Å². The molecule has 4 rings (SSSR count). The lowest BCUT2D eigenvalue weighted by Crippen LogP contribution is -2.45. The summed E-state index contributed by atoms with van der Waals surface area (Å²) in [6.45, 7) is 2.90. The second-order valence-electron chi connectivity index (χ2n) is 7.36. The highest BCUT2D eigenvalue weighted by molar-refractivity contribution is 7.20. The lowest BCUT2D eigenvalue weighted by atomic mass is 9.78. The Morgan fingerprint density at radius 3 is 3.04 bits per heavy atom. The second-order valence-corrected chi connectivity index (χ2v) is 8.32. The lowest BCUT2D eigenvalue weighted by molar-refractivity contribution is -0.103. The summed E-state index contributed by atoms with van der Waals surface area (Å²) in [4.78, 5) is 17.5. The topological polar surface area (TPSA) is 68.5 Å². The van der Waals surface area contributed by atoms with Gasteiger partial charge in [0.15, 0.2) is 0 Å². The summed E-state index contributed by atoms with van der Waals surface area (Å²) in [6, 6.07) is 1.96. The Morgan fingerprint density at radius 2 is 2.24 bits per heavy atom. The van der Waals surface area contributed by atoms with Crippen LogP contribution in [0.3, 0.4) is 0 Å². The molecular formula is C18H26N4O2S. The molecule has 1 aliphatic carbocycles. The van der Waals surface area contributed by atoms with Crippen molar-refractivity contribution in [1.29, 1.82) is 0 Å². The smallest absolute Gasteiger partial charge is 0.275 e. The molecule has 6 nitrogen and oxygen atoms in total. The van der Waals surface area contributed by atoms with Crippen molar-refractivity contribution in [3.05, 3.63) is 22.1 Å². The molecule has 2 fully saturated rings. The summed E-state index contributed by atoms with van der Waals surface area (Å²) in [5.74, 6) is 0. The summed E-state index contributed by atoms with van der Waals surface area (Å²) in [6.07, 6.45) is 10.0. The minimum absolute atomic E-state index is 0.0637. The van der Waals surface area contributed by atoms with Crippen molar-refractivity contribution >= 4 is 21.4 Å². The van der Waals surface area contributed by atoms with Crippen LogP contribution in [-0.2, 0) is 11.2 Å². The van der Waals surface area contributed by atoms with Gasteiger partial charge in [-0.05, 0) is 32.1 Å². The normalized spacial score (nSPS) is 23.2. The Kier molecular flexibility index (Phi) is 4.78. The van der Waals surface area contributed by atoms with Crippen molar-refractivity contribution < 1.29 is 4.74 Å². The van der Waals surface area contributed by atoms with Crippen LogP contribution >= 0.6 is 11.3 Å². The van der Waals surface area contributed by atoms with Crippen LogP contribution in [-0.4, -0.2) is 32.8 Å². The maximum Gasteiger partial charge on any atom is 0.275 e. The maximum absolute atomic E-state index is 12.2. The molecule has 2 aromatic heterocycles. The van der Waals surface area contributed by atoms with Crippen molar-refractivity contribution in [1.82, 2.24) is 14.6 Å². The fourth-order valence-corrected chi connectivity index (χ4v) is 5.07. The van der Waals surface area contributed by atoms with Gasteiger partial charge in [-0.15, -0.1) is 5.10 Å². The Morgan fingerprint density at radius 1 is 1.40 bits per heavy atom. The first kappa shape index (κ1) is 17.0. The quantitative estimate of drug-likeness (QED) is 0.903. The van der Waals surface area contributed by atoms with Crippen molar-refractivity contribution in [2.75, 3.05) is 11.9 Å². The van der Waals surface area contributed by atoms with Crippen LogP contribution in [0.25, 0.3) is 4.96 Å². The first-order valence-electron chi connectivity index (χ1n) is 9.48. The Balaban J connectivity index is 1.52. The standard InChI is InChI=1S/C18H26N4O2S/c1-2-6-13-11-15(23)22-17(20-13)25-16(21-22)19-14-7-10-24-18(12-14)8-4-3-5-9-18/h11,14H,2-10,12H2,1H3,(H,19,21). The third kappa shape index (κ3) is 3.58. The van der Waals surface area contributed by atoms with Crippen LogP contribution in [0, 0.1) is 0 Å². The summed E-state index contributed by atoms with van der Waals surface area (Å²) in [7, 11) is 0. The molecule has 0 radical (unpaired) electrons. The van der Waals surface area contributed by atoms with Gasteiger partial charge in [0.2, 0.25) is 10.1 Å². The van der Waals surface area contributed by atoms with Crippen LogP contribution in [0.5, 0.6) is 0 Å². The average Bonchev–Trinajstić information content (AvgIpc) is 2.99. The minimum Gasteiger partial charge on any atom is -0.375 e. The van der Waals surface area contributed by atoms with Gasteiger partial charge in [0, 0.05) is 24.4 Å². The van der Waals surface area contributed by atoms with Crippen molar-refractivity contribution in [2.24, 2.45) is 0 Å². The zero-order valence-electron chi connectivity index (χ0n) is 14.8. The van der Waals surface area contributed by atoms with Gasteiger partial charge in [-0.3, -0.25) is 4.79 Å². The van der Waals surface area contributed by atoms with Gasteiger partial charge in [0.05, 0.1) is 5.60 Å². The van der Waals surface area contributed by atoms with Crippen LogP contribution in [0.2, 0.25) is 0 Å². The molecule has 1 aliphatic heterocycles. The maximum atomic E-state index is 12.2. The number of anilines is 1. The van der Waals surface area contributed by atoms with Gasteiger partial charge in [0.25, 0.3) is 5.56 Å². The third-order valence-corrected chi connectivity index (χ3v) is 6.23. The van der Waals surface area contributed by atoms with Crippen molar-refractivity contribution in [2.45, 2.75) is 76.4 Å². The van der Waals surface area contributed by atoms with Crippen LogP contribution < -0.4 is 10.9 Å². The fraction of sp³-hybridized carbons (Fsp3) is 0.722. The second kappa shape index (κ2) is 7.03. The SMILES string of the molecule is CCCc1cc(=O)n2nc(NC3CCOC4(CCCCC4)C3)sc2n1. The molecule has 3 heterocycles. The molecule has 1 N–H and O–H groups in total. The lowest BCUT2D eigenvalue weighted by Gasteiger charge is -2.43. The van der Waals surface area contributed by atoms with Crippen LogP contribution in [0.4, 0.5) is 5.13 Å². The number of fused-ring (bicyclic) bond motifs is 1. The van der Waals surface area contributed by atoms with E-state index < -0.39 is 0 Å². The summed E-state index contributed by atoms with van der Waals surface area (Å²) < 4.78 is 7.59. The molecule has 1 atom stereocenters. The number of nitrogens with zero attached hydrogens (tertiary/aromatic N) is 3. The summed E-state index contributed by atoms with van der Waals surface area (Å²) in [5, 5.41) is 8.79. The number of hydrogen-bond acceptors (Lipinski definition) is 6. The van der Waals surface area contributed by atoms with Crippen molar-refractivity contribution in [3.63, 3.8) is 0 Å². The van der Waals surface area contributed by atoms with Gasteiger partial charge in [0.1, 0.15) is 0 Å². The summed E-state index contributed by atoms with van der Waals surface area (Å²) in [5.41, 5.74) is 0.831. The average molecular weight is 362 g/mol. The number of nitrogens with one attached hydrogen (secondary N) is 1. The van der Waals surface area contributed by atoms with E-state index in [-0.39, 0.29) is 11.2 Å². The molecule has 1 spiro atoms. The van der Waals surface area contributed by atoms with Crippen LogP contribution in [0.1, 0.15) is 64.0 Å². The molecule has 0 bridgehead atoms. The largest absolute Gasteiger partial charge is 0.375 e. The van der Waals surface area contributed by atoms with Gasteiger partial charge >= 0.3 is 0 Å². The number of hydrogen-bond donors (Lipinski definition) is 1. The number of aryl methyl sites for hydroxylation is 1. The molecule has 2 aliphatic rings. The first-order chi connectivity index (χ1) is 12.2. The van der Waals surface area contributed by atoms with E-state index in [9.17, 15) is 4.79 Å². The number of rotatable bonds is 4. The predicted octanol–water partition coefficient (Wildman–Crippen LogP) is 3.40. The first-order valence-corrected chi connectivity index (χ1v) is 10.3. The molecule has 1 unspecified atom stereocenters. The molecular weight excluding hydrogens is 336 g/mol. The number of ether oxygens (including phenoxy) is 1. The molecule has 136 valence electrons. The molecule has 25 heavy (non-hydrogen) atoms. The molecule has 0 amide bonds. The highest BCUT2D eigenvalue weighted by Gasteiger charge is 2.38. The van der Waals surface area contributed by atoms with E-state index in [4.69, 9.17) is 4.74 Å². The molecule has 0 aromatic carbocycles. The van der Waals surface area contributed by atoms with E-state index >= 15 is 0 Å². The van der Waals surface area contributed by atoms with Gasteiger partial charge in [-0.1, -0.05) is 43.9 Å². The van der Waals surface area contributed by atoms with Gasteiger partial charge in [-0.25, -0.2) is 4.98 Å². The zero-order valence-corrected chi connectivity index (χ0v) is 15.6. The monoisotopic (exact) mass is 362 g/mol. The highest BCUT2D eigenvalue weighted by atomic mass is 32.1. The van der Waals surface area contributed by atoms with E-state index in [1.807, 2.05) is 0 Å². The highest BCUT2D eigenvalue weighted by Crippen LogP contribution is 2.39. The van der Waals surface area contributed by atoms with E-state index in [0.29, 0.717) is 11.0 Å². The molecule has 7 heteroatoms. The van der Waals surface area contributed by atoms with Crippen LogP contribution in [0.15, 0.2) is 10.9 Å². The Hall–Kier alpha value is -1.47. The number of aromatic nitrogens is 3. The third-order valence-electron chi connectivity index (χ3n) is 5.39. The molecule has 2 aromatic rings. The molecule has 1 saturated carbocycles. The van der Waals surface area contributed by atoms with Crippen molar-refractivity contribution in [3.8, 4) is 0 Å². The van der Waals surface area contributed by atoms with E-state index in [2.05, 4.69) is 22.3 Å². The van der Waals surface area contributed by atoms with Gasteiger partial charge < -0.3 is 10.1 Å². The van der Waals surface area contributed by atoms with Gasteiger partial charge in [-0.2, -0.15) is 4.52 Å². The fourth-order valence-electron chi connectivity index (χ4n) is 4.17. The zero-order chi connectivity index (χ0) is 17.3. The Bertz CT molecular complexity index is 788. The summed E-state index contributed by atoms with van der Waals surface area (Å²) >= 11 is 1.47. The molecule has 1 saturated heterocycles. The van der Waals surface area contributed by atoms with E-state index in [1.54, 1.807) is 6.07 Å². The van der Waals surface area contributed by atoms with E-state index in [1.165, 1.54) is 48.0 Å². The minimum atomic E-state index is -0.0894. The Labute approximate surface area is 151 Å². The predicted molar refractivity (Wildman–Crippen MR) is 99.5 cm³/mol.